The van der Waals surface area contributed by atoms with Crippen LogP contribution in [-0.2, 0) is 21.0 Å². The molecule has 1 saturated heterocycles. The summed E-state index contributed by atoms with van der Waals surface area (Å²) in [6.45, 7) is 5.00. The quantitative estimate of drug-likeness (QED) is 0.706. The Morgan fingerprint density at radius 2 is 1.80 bits per heavy atom. The van der Waals surface area contributed by atoms with Gasteiger partial charge in [0.05, 0.1) is 5.75 Å². The first-order valence-corrected chi connectivity index (χ1v) is 11.6. The van der Waals surface area contributed by atoms with Gasteiger partial charge in [-0.25, -0.2) is 8.42 Å². The molecule has 166 valence electrons. The summed E-state index contributed by atoms with van der Waals surface area (Å²) < 4.78 is 65.6. The number of Topliss-reactive ketones (excluding diaryl/α,β-unsaturated/α-hetero) is 1. The van der Waals surface area contributed by atoms with Crippen molar-refractivity contribution in [2.75, 3.05) is 36.8 Å². The summed E-state index contributed by atoms with van der Waals surface area (Å²) in [5.74, 6) is 0.424. The second-order valence-corrected chi connectivity index (χ2v) is 11.1. The van der Waals surface area contributed by atoms with Gasteiger partial charge in [-0.3, -0.25) is 4.79 Å². The van der Waals surface area contributed by atoms with E-state index in [1.54, 1.807) is 4.90 Å². The monoisotopic (exact) mass is 446 g/mol. The summed E-state index contributed by atoms with van der Waals surface area (Å²) in [4.78, 5) is 14.4. The zero-order valence-corrected chi connectivity index (χ0v) is 17.8. The molecule has 2 heterocycles. The minimum Gasteiger partial charge on any atom is -0.352 e. The fourth-order valence-corrected chi connectivity index (χ4v) is 7.55. The molecule has 0 aromatic carbocycles. The average molecular weight is 446 g/mol. The number of sulfonamides is 1. The highest BCUT2D eigenvalue weighted by Crippen LogP contribution is 2.64. The van der Waals surface area contributed by atoms with E-state index in [2.05, 4.69) is 10.2 Å². The fourth-order valence-electron chi connectivity index (χ4n) is 5.35. The van der Waals surface area contributed by atoms with E-state index >= 15 is 0 Å². The SMILES string of the molecule is CC1(C)[C@@H]2CC[C@@]1(CS(=O)(=O)N1CCN(c3ccc(C(F)(F)F)nn3)CC1)C(=O)C2. The van der Waals surface area contributed by atoms with Gasteiger partial charge in [-0.05, 0) is 36.3 Å². The summed E-state index contributed by atoms with van der Waals surface area (Å²) in [6.07, 6.45) is -2.59. The lowest BCUT2D eigenvalue weighted by Crippen LogP contribution is -2.53. The Balaban J connectivity index is 1.43. The number of aromatic nitrogens is 2. The topological polar surface area (TPSA) is 83.5 Å². The summed E-state index contributed by atoms with van der Waals surface area (Å²) in [5.41, 5.74) is -2.20. The summed E-state index contributed by atoms with van der Waals surface area (Å²) in [7, 11) is -3.65. The van der Waals surface area contributed by atoms with E-state index in [4.69, 9.17) is 0 Å². The van der Waals surface area contributed by atoms with E-state index in [1.807, 2.05) is 13.8 Å². The van der Waals surface area contributed by atoms with E-state index in [0.29, 0.717) is 25.9 Å². The summed E-state index contributed by atoms with van der Waals surface area (Å²) >= 11 is 0. The number of carbonyl (C=O) groups excluding carboxylic acids is 1. The molecule has 4 rings (SSSR count). The van der Waals surface area contributed by atoms with Gasteiger partial charge in [-0.15, -0.1) is 10.2 Å². The van der Waals surface area contributed by atoms with E-state index in [-0.39, 0.29) is 41.8 Å². The van der Waals surface area contributed by atoms with Crippen LogP contribution in [0.25, 0.3) is 0 Å². The first-order valence-electron chi connectivity index (χ1n) is 10.0. The molecular formula is C19H25F3N4O3S. The van der Waals surface area contributed by atoms with Crippen LogP contribution in [0.15, 0.2) is 12.1 Å². The molecule has 1 aliphatic heterocycles. The molecule has 0 unspecified atom stereocenters. The number of hydrogen-bond acceptors (Lipinski definition) is 6. The molecule has 0 spiro atoms. The minimum atomic E-state index is -4.55. The molecule has 3 aliphatic rings. The van der Waals surface area contributed by atoms with Crippen LogP contribution in [0.3, 0.4) is 0 Å². The van der Waals surface area contributed by atoms with Crippen LogP contribution >= 0.6 is 0 Å². The molecule has 3 fully saturated rings. The van der Waals surface area contributed by atoms with E-state index in [9.17, 15) is 26.4 Å². The van der Waals surface area contributed by atoms with Crippen molar-refractivity contribution in [3.05, 3.63) is 17.8 Å². The Hall–Kier alpha value is -1.75. The van der Waals surface area contributed by atoms with Crippen LogP contribution in [-0.4, -0.2) is 60.6 Å². The number of carbonyl (C=O) groups is 1. The fraction of sp³-hybridized carbons (Fsp3) is 0.737. The van der Waals surface area contributed by atoms with Gasteiger partial charge in [-0.2, -0.15) is 17.5 Å². The van der Waals surface area contributed by atoms with Crippen molar-refractivity contribution in [2.24, 2.45) is 16.7 Å². The second-order valence-electron chi connectivity index (χ2n) is 9.08. The first kappa shape index (κ1) is 21.5. The largest absolute Gasteiger partial charge is 0.435 e. The lowest BCUT2D eigenvalue weighted by molar-refractivity contribution is -0.141. The normalized spacial score (nSPS) is 29.6. The van der Waals surface area contributed by atoms with Gasteiger partial charge in [0.2, 0.25) is 10.0 Å². The highest BCUT2D eigenvalue weighted by molar-refractivity contribution is 7.89. The third-order valence-electron chi connectivity index (χ3n) is 7.46. The van der Waals surface area contributed by atoms with E-state index < -0.39 is 27.3 Å². The number of anilines is 1. The number of hydrogen-bond donors (Lipinski definition) is 0. The Morgan fingerprint density at radius 1 is 1.13 bits per heavy atom. The van der Waals surface area contributed by atoms with Crippen LogP contribution < -0.4 is 4.90 Å². The first-order chi connectivity index (χ1) is 13.9. The minimum absolute atomic E-state index is 0.0611. The van der Waals surface area contributed by atoms with Crippen molar-refractivity contribution in [1.82, 2.24) is 14.5 Å². The molecule has 0 amide bonds. The molecule has 2 atom stereocenters. The predicted molar refractivity (Wildman–Crippen MR) is 103 cm³/mol. The number of ketones is 1. The second kappa shape index (κ2) is 6.88. The lowest BCUT2D eigenvalue weighted by Gasteiger charge is -2.39. The smallest absolute Gasteiger partial charge is 0.352 e. The summed E-state index contributed by atoms with van der Waals surface area (Å²) in [6, 6.07) is 2.12. The zero-order valence-electron chi connectivity index (χ0n) is 16.9. The number of piperazine rings is 1. The van der Waals surface area contributed by atoms with Gasteiger partial charge in [0.1, 0.15) is 5.78 Å². The highest BCUT2D eigenvalue weighted by atomic mass is 32.2. The van der Waals surface area contributed by atoms with Crippen LogP contribution in [0, 0.1) is 16.7 Å². The molecule has 2 saturated carbocycles. The Bertz CT molecular complexity index is 941. The van der Waals surface area contributed by atoms with Gasteiger partial charge < -0.3 is 4.90 Å². The van der Waals surface area contributed by atoms with Crippen molar-refractivity contribution < 1.29 is 26.4 Å². The molecule has 0 N–H and O–H groups in total. The average Bonchev–Trinajstić information content (AvgIpc) is 3.01. The highest BCUT2D eigenvalue weighted by Gasteiger charge is 2.65. The molecule has 11 heteroatoms. The molecule has 2 aliphatic carbocycles. The Kier molecular flexibility index (Phi) is 4.92. The van der Waals surface area contributed by atoms with Crippen LogP contribution in [0.1, 0.15) is 38.8 Å². The van der Waals surface area contributed by atoms with Crippen molar-refractivity contribution in [3.63, 3.8) is 0 Å². The van der Waals surface area contributed by atoms with E-state index in [1.165, 1.54) is 10.4 Å². The number of fused-ring (bicyclic) bond motifs is 2. The van der Waals surface area contributed by atoms with Gasteiger partial charge in [-0.1, -0.05) is 13.8 Å². The van der Waals surface area contributed by atoms with Crippen LogP contribution in [0.5, 0.6) is 0 Å². The maximum atomic E-state index is 13.2. The molecular weight excluding hydrogens is 421 g/mol. The lowest BCUT2D eigenvalue weighted by atomic mass is 9.70. The Labute approximate surface area is 173 Å². The molecule has 1 aromatic rings. The number of alkyl halides is 3. The molecule has 30 heavy (non-hydrogen) atoms. The van der Waals surface area contributed by atoms with E-state index in [0.717, 1.165) is 12.5 Å². The van der Waals surface area contributed by atoms with Crippen molar-refractivity contribution in [3.8, 4) is 0 Å². The maximum Gasteiger partial charge on any atom is 0.435 e. The number of nitrogens with zero attached hydrogens (tertiary/aromatic N) is 4. The number of rotatable bonds is 4. The zero-order chi connectivity index (χ0) is 21.9. The van der Waals surface area contributed by atoms with Gasteiger partial charge in [0.25, 0.3) is 0 Å². The molecule has 2 bridgehead atoms. The van der Waals surface area contributed by atoms with Crippen molar-refractivity contribution in [1.29, 1.82) is 0 Å². The van der Waals surface area contributed by atoms with Crippen LogP contribution in [0.2, 0.25) is 0 Å². The maximum absolute atomic E-state index is 13.2. The van der Waals surface area contributed by atoms with Gasteiger partial charge in [0.15, 0.2) is 11.5 Å². The van der Waals surface area contributed by atoms with Gasteiger partial charge >= 0.3 is 6.18 Å². The molecule has 1 aromatic heterocycles. The van der Waals surface area contributed by atoms with Crippen molar-refractivity contribution in [2.45, 2.75) is 39.3 Å². The van der Waals surface area contributed by atoms with Crippen LogP contribution in [0.4, 0.5) is 19.0 Å². The third-order valence-corrected chi connectivity index (χ3v) is 9.47. The standard InChI is InChI=1S/C19H25F3N4O3S/c1-17(2)13-5-6-18(17,15(27)11-13)12-30(28,29)26-9-7-25(8-10-26)16-4-3-14(23-24-16)19(20,21)22/h3-4,13H,5-12H2,1-2H3/t13-,18-/m1/s1. The van der Waals surface area contributed by atoms with Crippen molar-refractivity contribution >= 4 is 21.6 Å². The van der Waals surface area contributed by atoms with Gasteiger partial charge in [0, 0.05) is 38.0 Å². The molecule has 7 nitrogen and oxygen atoms in total. The Morgan fingerprint density at radius 3 is 2.27 bits per heavy atom. The molecule has 0 radical (unpaired) electrons. The number of halogens is 3. The predicted octanol–water partition coefficient (Wildman–Crippen LogP) is 2.34. The summed E-state index contributed by atoms with van der Waals surface area (Å²) in [5, 5.41) is 6.87. The third kappa shape index (κ3) is 3.30.